The van der Waals surface area contributed by atoms with Gasteiger partial charge in [0.15, 0.2) is 5.75 Å². The highest BCUT2D eigenvalue weighted by molar-refractivity contribution is 5.88. The molecule has 1 aromatic carbocycles. The summed E-state index contributed by atoms with van der Waals surface area (Å²) in [7, 11) is 0. The molecule has 1 aliphatic heterocycles. The van der Waals surface area contributed by atoms with E-state index in [-0.39, 0.29) is 0 Å². The molecule has 1 fully saturated rings. The van der Waals surface area contributed by atoms with Crippen molar-refractivity contribution in [3.8, 4) is 5.75 Å². The van der Waals surface area contributed by atoms with Crippen molar-refractivity contribution in [2.75, 3.05) is 31.2 Å². The number of aryl methyl sites for hydroxylation is 1. The fourth-order valence-corrected chi connectivity index (χ4v) is 2.61. The van der Waals surface area contributed by atoms with Gasteiger partial charge in [-0.1, -0.05) is 0 Å². The minimum absolute atomic E-state index is 0.667. The minimum Gasteiger partial charge on any atom is -0.411 e. The van der Waals surface area contributed by atoms with E-state index in [1.807, 2.05) is 19.1 Å². The average molecular weight is 273 g/mol. The van der Waals surface area contributed by atoms with Crippen LogP contribution in [-0.4, -0.2) is 31.3 Å². The number of rotatable bonds is 2. The van der Waals surface area contributed by atoms with Crippen LogP contribution in [0.3, 0.4) is 0 Å². The lowest BCUT2D eigenvalue weighted by Crippen LogP contribution is -2.25. The summed E-state index contributed by atoms with van der Waals surface area (Å²) in [6, 6.07) is 8.07. The third-order valence-electron chi connectivity index (χ3n) is 3.60. The summed E-state index contributed by atoms with van der Waals surface area (Å²) in [4.78, 5) is 11.8. The zero-order chi connectivity index (χ0) is 13.9. The molecule has 0 radical (unpaired) electrons. The summed E-state index contributed by atoms with van der Waals surface area (Å²) in [5.41, 5.74) is 2.96. The summed E-state index contributed by atoms with van der Waals surface area (Å²) in [5.74, 6) is 6.04. The van der Waals surface area contributed by atoms with Crippen molar-refractivity contribution in [3.05, 3.63) is 30.0 Å². The third kappa shape index (κ3) is 2.55. The number of fused-ring (bicyclic) bond motifs is 1. The fraction of sp³-hybridized carbons (Fsp3) is 0.400. The zero-order valence-electron chi connectivity index (χ0n) is 11.6. The van der Waals surface area contributed by atoms with Gasteiger partial charge >= 0.3 is 0 Å². The van der Waals surface area contributed by atoms with Crippen LogP contribution in [-0.2, 0) is 4.74 Å². The first-order chi connectivity index (χ1) is 9.78. The van der Waals surface area contributed by atoms with Gasteiger partial charge in [0.25, 0.3) is 0 Å². The highest BCUT2D eigenvalue weighted by atomic mass is 16.6. The third-order valence-corrected chi connectivity index (χ3v) is 3.60. The van der Waals surface area contributed by atoms with Gasteiger partial charge in [-0.3, -0.25) is 4.98 Å². The van der Waals surface area contributed by atoms with Crippen molar-refractivity contribution in [2.24, 2.45) is 5.90 Å². The largest absolute Gasteiger partial charge is 0.411 e. The lowest BCUT2D eigenvalue weighted by molar-refractivity contribution is 0.152. The van der Waals surface area contributed by atoms with Gasteiger partial charge in [0.2, 0.25) is 0 Å². The van der Waals surface area contributed by atoms with Crippen LogP contribution in [0, 0.1) is 6.92 Å². The summed E-state index contributed by atoms with van der Waals surface area (Å²) >= 11 is 0. The van der Waals surface area contributed by atoms with Crippen molar-refractivity contribution < 1.29 is 9.57 Å². The Morgan fingerprint density at radius 3 is 3.00 bits per heavy atom. The standard InChI is InChI=1S/C15H19N3O2/c1-11-9-15(20-16)13-10-12(3-4-14(13)17-11)18-5-2-7-19-8-6-18/h3-4,9-10H,2,5-8,16H2,1H3. The smallest absolute Gasteiger partial charge is 0.158 e. The number of benzene rings is 1. The van der Waals surface area contributed by atoms with Crippen LogP contribution in [0.15, 0.2) is 24.3 Å². The number of anilines is 1. The van der Waals surface area contributed by atoms with E-state index in [1.54, 1.807) is 0 Å². The van der Waals surface area contributed by atoms with E-state index in [9.17, 15) is 0 Å². The number of nitrogens with zero attached hydrogens (tertiary/aromatic N) is 2. The molecule has 1 aromatic heterocycles. The first kappa shape index (κ1) is 13.1. The Hall–Kier alpha value is -1.85. The Balaban J connectivity index is 2.02. The van der Waals surface area contributed by atoms with Gasteiger partial charge in [-0.05, 0) is 31.5 Å². The molecule has 1 saturated heterocycles. The topological polar surface area (TPSA) is 60.6 Å². The van der Waals surface area contributed by atoms with Crippen molar-refractivity contribution in [2.45, 2.75) is 13.3 Å². The van der Waals surface area contributed by atoms with E-state index in [0.717, 1.165) is 55.0 Å². The molecule has 1 aliphatic rings. The molecule has 2 aromatic rings. The molecule has 0 unspecified atom stereocenters. The van der Waals surface area contributed by atoms with Gasteiger partial charge in [0.1, 0.15) is 0 Å². The summed E-state index contributed by atoms with van der Waals surface area (Å²) in [6.45, 7) is 5.45. The van der Waals surface area contributed by atoms with Crippen LogP contribution < -0.4 is 15.6 Å². The molecule has 0 saturated carbocycles. The number of ether oxygens (including phenoxy) is 1. The van der Waals surface area contributed by atoms with E-state index in [4.69, 9.17) is 15.5 Å². The Morgan fingerprint density at radius 2 is 2.15 bits per heavy atom. The Bertz CT molecular complexity index is 607. The van der Waals surface area contributed by atoms with E-state index in [1.165, 1.54) is 0 Å². The molecule has 0 aliphatic carbocycles. The van der Waals surface area contributed by atoms with Crippen molar-refractivity contribution in [1.29, 1.82) is 0 Å². The first-order valence-electron chi connectivity index (χ1n) is 6.89. The van der Waals surface area contributed by atoms with Crippen molar-refractivity contribution >= 4 is 16.6 Å². The van der Waals surface area contributed by atoms with Gasteiger partial charge in [-0.2, -0.15) is 5.90 Å². The highest BCUT2D eigenvalue weighted by Crippen LogP contribution is 2.29. The highest BCUT2D eigenvalue weighted by Gasteiger charge is 2.12. The number of hydrogen-bond donors (Lipinski definition) is 1. The Labute approximate surface area is 118 Å². The minimum atomic E-state index is 0.667. The van der Waals surface area contributed by atoms with E-state index in [0.29, 0.717) is 5.75 Å². The van der Waals surface area contributed by atoms with Crippen molar-refractivity contribution in [1.82, 2.24) is 4.98 Å². The number of aromatic nitrogens is 1. The Kier molecular flexibility index (Phi) is 3.71. The normalized spacial score (nSPS) is 16.2. The first-order valence-corrected chi connectivity index (χ1v) is 6.89. The molecule has 0 amide bonds. The van der Waals surface area contributed by atoms with Gasteiger partial charge < -0.3 is 14.5 Å². The second kappa shape index (κ2) is 5.64. The van der Waals surface area contributed by atoms with E-state index in [2.05, 4.69) is 22.0 Å². The maximum Gasteiger partial charge on any atom is 0.158 e. The molecule has 0 atom stereocenters. The van der Waals surface area contributed by atoms with Crippen LogP contribution >= 0.6 is 0 Å². The van der Waals surface area contributed by atoms with Crippen LogP contribution in [0.1, 0.15) is 12.1 Å². The second-order valence-electron chi connectivity index (χ2n) is 5.03. The van der Waals surface area contributed by atoms with Crippen LogP contribution in [0.5, 0.6) is 5.75 Å². The van der Waals surface area contributed by atoms with Gasteiger partial charge in [0, 0.05) is 42.5 Å². The summed E-state index contributed by atoms with van der Waals surface area (Å²) < 4.78 is 5.50. The van der Waals surface area contributed by atoms with Crippen molar-refractivity contribution in [3.63, 3.8) is 0 Å². The predicted octanol–water partition coefficient (Wildman–Crippen LogP) is 2.02. The van der Waals surface area contributed by atoms with E-state index >= 15 is 0 Å². The lowest BCUT2D eigenvalue weighted by Gasteiger charge is -2.22. The zero-order valence-corrected chi connectivity index (χ0v) is 11.6. The molecule has 5 heteroatoms. The number of nitrogens with two attached hydrogens (primary N) is 1. The van der Waals surface area contributed by atoms with Gasteiger partial charge in [-0.25, -0.2) is 0 Å². The van der Waals surface area contributed by atoms with Crippen LogP contribution in [0.2, 0.25) is 0 Å². The van der Waals surface area contributed by atoms with E-state index < -0.39 is 0 Å². The monoisotopic (exact) mass is 273 g/mol. The lowest BCUT2D eigenvalue weighted by atomic mass is 10.1. The quantitative estimate of drug-likeness (QED) is 0.848. The summed E-state index contributed by atoms with van der Waals surface area (Å²) in [5, 5.41) is 0.945. The molecule has 0 spiro atoms. The number of hydrogen-bond acceptors (Lipinski definition) is 5. The molecular formula is C15H19N3O2. The molecule has 3 rings (SSSR count). The average Bonchev–Trinajstić information content (AvgIpc) is 2.75. The van der Waals surface area contributed by atoms with Gasteiger partial charge in [-0.15, -0.1) is 0 Å². The predicted molar refractivity (Wildman–Crippen MR) is 78.9 cm³/mol. The maximum absolute atomic E-state index is 5.50. The summed E-state index contributed by atoms with van der Waals surface area (Å²) in [6.07, 6.45) is 1.05. The van der Waals surface area contributed by atoms with Crippen LogP contribution in [0.4, 0.5) is 5.69 Å². The SMILES string of the molecule is Cc1cc(ON)c2cc(N3CCCOCC3)ccc2n1. The van der Waals surface area contributed by atoms with Gasteiger partial charge in [0.05, 0.1) is 12.1 Å². The number of pyridine rings is 1. The maximum atomic E-state index is 5.50. The fourth-order valence-electron chi connectivity index (χ4n) is 2.61. The molecule has 5 nitrogen and oxygen atoms in total. The Morgan fingerprint density at radius 1 is 1.25 bits per heavy atom. The molecule has 0 bridgehead atoms. The molecule has 106 valence electrons. The second-order valence-corrected chi connectivity index (χ2v) is 5.03. The van der Waals surface area contributed by atoms with Crippen LogP contribution in [0.25, 0.3) is 10.9 Å². The molecule has 2 N–H and O–H groups in total. The molecule has 20 heavy (non-hydrogen) atoms. The molecular weight excluding hydrogens is 254 g/mol. The molecule has 2 heterocycles.